The van der Waals surface area contributed by atoms with E-state index in [9.17, 15) is 9.90 Å². The van der Waals surface area contributed by atoms with Gasteiger partial charge in [-0.05, 0) is 31.0 Å². The first kappa shape index (κ1) is 16.0. The molecule has 0 heterocycles. The maximum Gasteiger partial charge on any atom is 0.320 e. The molecule has 0 aromatic heterocycles. The van der Waals surface area contributed by atoms with Gasteiger partial charge in [0, 0.05) is 0 Å². The number of carboxylic acid groups (broad SMARTS) is 1. The van der Waals surface area contributed by atoms with E-state index in [0.29, 0.717) is 11.3 Å². The standard InChI is InChI=1S/C10H13NO4.C3H6/c1-15-9-5-6(2-3-8(9)12)4-7(11)10(13)14;1-3-2/h2-3,5,7,12H,4,11H2,1H3,(H,13,14);3H,1H2,2H3/t7-;/m0./s1. The maximum absolute atomic E-state index is 10.5. The molecule has 0 saturated heterocycles. The second-order valence-corrected chi connectivity index (χ2v) is 3.56. The Morgan fingerprint density at radius 2 is 2.17 bits per heavy atom. The molecule has 0 aliphatic carbocycles. The number of ether oxygens (including phenoxy) is 1. The molecule has 0 spiro atoms. The van der Waals surface area contributed by atoms with Crippen LogP contribution < -0.4 is 10.5 Å². The van der Waals surface area contributed by atoms with Crippen molar-refractivity contribution in [1.29, 1.82) is 0 Å². The third-order valence-electron chi connectivity index (χ3n) is 2.02. The van der Waals surface area contributed by atoms with Gasteiger partial charge in [0.15, 0.2) is 11.5 Å². The van der Waals surface area contributed by atoms with Crippen LogP contribution in [0, 0.1) is 0 Å². The Morgan fingerprint density at radius 1 is 1.61 bits per heavy atom. The van der Waals surface area contributed by atoms with Gasteiger partial charge in [-0.3, -0.25) is 4.79 Å². The molecule has 0 saturated carbocycles. The molecule has 18 heavy (non-hydrogen) atoms. The highest BCUT2D eigenvalue weighted by atomic mass is 16.5. The van der Waals surface area contributed by atoms with Gasteiger partial charge in [0.05, 0.1) is 7.11 Å². The van der Waals surface area contributed by atoms with Crippen molar-refractivity contribution >= 4 is 5.97 Å². The second-order valence-electron chi connectivity index (χ2n) is 3.56. The summed E-state index contributed by atoms with van der Waals surface area (Å²) in [6.07, 6.45) is 1.95. The van der Waals surface area contributed by atoms with Crippen LogP contribution in [0.5, 0.6) is 11.5 Å². The third kappa shape index (κ3) is 5.36. The number of phenolic OH excluding ortho intramolecular Hbond substituents is 1. The Bertz CT molecular complexity index is 404. The van der Waals surface area contributed by atoms with Crippen LogP contribution in [0.1, 0.15) is 12.5 Å². The summed E-state index contributed by atoms with van der Waals surface area (Å²) in [4.78, 5) is 10.5. The van der Waals surface area contributed by atoms with E-state index in [1.807, 2.05) is 6.92 Å². The molecule has 0 aliphatic rings. The van der Waals surface area contributed by atoms with E-state index in [2.05, 4.69) is 6.58 Å². The van der Waals surface area contributed by atoms with Crippen molar-refractivity contribution < 1.29 is 19.7 Å². The zero-order chi connectivity index (χ0) is 14.1. The normalized spacial score (nSPS) is 10.8. The predicted molar refractivity (Wildman–Crippen MR) is 69.8 cm³/mol. The first-order valence-electron chi connectivity index (χ1n) is 5.37. The van der Waals surface area contributed by atoms with Gasteiger partial charge >= 0.3 is 5.97 Å². The average Bonchev–Trinajstić information content (AvgIpc) is 2.32. The fraction of sp³-hybridized carbons (Fsp3) is 0.308. The number of benzene rings is 1. The predicted octanol–water partition coefficient (Wildman–Crippen LogP) is 1.55. The number of aromatic hydroxyl groups is 1. The van der Waals surface area contributed by atoms with E-state index in [-0.39, 0.29) is 12.2 Å². The molecular weight excluding hydrogens is 234 g/mol. The fourth-order valence-corrected chi connectivity index (χ4v) is 1.19. The molecule has 0 unspecified atom stereocenters. The molecule has 1 aromatic carbocycles. The van der Waals surface area contributed by atoms with Gasteiger partial charge in [-0.25, -0.2) is 0 Å². The molecule has 0 radical (unpaired) electrons. The number of methoxy groups -OCH3 is 1. The largest absolute Gasteiger partial charge is 0.504 e. The first-order valence-corrected chi connectivity index (χ1v) is 5.37. The van der Waals surface area contributed by atoms with E-state index in [1.165, 1.54) is 13.2 Å². The van der Waals surface area contributed by atoms with Gasteiger partial charge in [0.2, 0.25) is 0 Å². The molecule has 0 aliphatic heterocycles. The second kappa shape index (κ2) is 8.14. The Hall–Kier alpha value is -2.01. The highest BCUT2D eigenvalue weighted by molar-refractivity contribution is 5.73. The minimum absolute atomic E-state index is 0.0187. The van der Waals surface area contributed by atoms with Crippen molar-refractivity contribution in [3.8, 4) is 11.5 Å². The van der Waals surface area contributed by atoms with E-state index >= 15 is 0 Å². The summed E-state index contributed by atoms with van der Waals surface area (Å²) >= 11 is 0. The van der Waals surface area contributed by atoms with E-state index in [1.54, 1.807) is 18.2 Å². The van der Waals surface area contributed by atoms with Crippen molar-refractivity contribution in [2.45, 2.75) is 19.4 Å². The summed E-state index contributed by atoms with van der Waals surface area (Å²) < 4.78 is 4.89. The minimum atomic E-state index is -1.05. The number of carbonyl (C=O) groups is 1. The van der Waals surface area contributed by atoms with Crippen molar-refractivity contribution in [2.24, 2.45) is 5.73 Å². The number of aliphatic carboxylic acids is 1. The van der Waals surface area contributed by atoms with Crippen LogP contribution in [-0.2, 0) is 11.2 Å². The quantitative estimate of drug-likeness (QED) is 0.708. The molecule has 5 nitrogen and oxygen atoms in total. The summed E-state index contributed by atoms with van der Waals surface area (Å²) in [5, 5.41) is 17.9. The van der Waals surface area contributed by atoms with Gasteiger partial charge in [-0.15, -0.1) is 6.58 Å². The van der Waals surface area contributed by atoms with Crippen molar-refractivity contribution in [3.05, 3.63) is 36.4 Å². The van der Waals surface area contributed by atoms with Crippen LogP contribution in [0.15, 0.2) is 30.9 Å². The average molecular weight is 253 g/mol. The first-order chi connectivity index (χ1) is 8.46. The molecular formula is C13H19NO4. The Kier molecular flexibility index (Phi) is 7.23. The number of phenols is 1. The lowest BCUT2D eigenvalue weighted by Crippen LogP contribution is -2.32. The number of allylic oxidation sites excluding steroid dienone is 1. The van der Waals surface area contributed by atoms with Crippen LogP contribution in [0.3, 0.4) is 0 Å². The number of nitrogens with two attached hydrogens (primary N) is 1. The Labute approximate surface area is 107 Å². The lowest BCUT2D eigenvalue weighted by Gasteiger charge is -2.08. The summed E-state index contributed by atoms with van der Waals surface area (Å²) in [7, 11) is 1.43. The zero-order valence-electron chi connectivity index (χ0n) is 10.6. The number of hydrogen-bond donors (Lipinski definition) is 3. The van der Waals surface area contributed by atoms with Gasteiger partial charge in [-0.2, -0.15) is 0 Å². The van der Waals surface area contributed by atoms with Crippen molar-refractivity contribution in [2.75, 3.05) is 7.11 Å². The molecule has 5 heteroatoms. The van der Waals surface area contributed by atoms with Gasteiger partial charge < -0.3 is 20.7 Å². The third-order valence-corrected chi connectivity index (χ3v) is 2.02. The molecule has 0 bridgehead atoms. The molecule has 1 aromatic rings. The summed E-state index contributed by atoms with van der Waals surface area (Å²) in [5.74, 6) is -0.725. The lowest BCUT2D eigenvalue weighted by atomic mass is 10.1. The Morgan fingerprint density at radius 3 is 2.61 bits per heavy atom. The fourth-order valence-electron chi connectivity index (χ4n) is 1.19. The minimum Gasteiger partial charge on any atom is -0.504 e. The van der Waals surface area contributed by atoms with Crippen LogP contribution in [-0.4, -0.2) is 29.3 Å². The molecule has 0 amide bonds. The van der Waals surface area contributed by atoms with Crippen LogP contribution in [0.25, 0.3) is 0 Å². The van der Waals surface area contributed by atoms with Crippen molar-refractivity contribution in [1.82, 2.24) is 0 Å². The highest BCUT2D eigenvalue weighted by Crippen LogP contribution is 2.26. The number of rotatable bonds is 4. The van der Waals surface area contributed by atoms with E-state index < -0.39 is 12.0 Å². The monoisotopic (exact) mass is 253 g/mol. The highest BCUT2D eigenvalue weighted by Gasteiger charge is 2.13. The maximum atomic E-state index is 10.5. The molecule has 1 rings (SSSR count). The Balaban J connectivity index is 0.000000873. The SMILES string of the molecule is C=CC.COc1cc(C[C@H](N)C(=O)O)ccc1O. The molecule has 1 atom stereocenters. The topological polar surface area (TPSA) is 92.8 Å². The van der Waals surface area contributed by atoms with E-state index in [4.69, 9.17) is 15.6 Å². The van der Waals surface area contributed by atoms with Gasteiger partial charge in [-0.1, -0.05) is 12.1 Å². The van der Waals surface area contributed by atoms with Crippen LogP contribution >= 0.6 is 0 Å². The molecule has 4 N–H and O–H groups in total. The number of hydrogen-bond acceptors (Lipinski definition) is 4. The van der Waals surface area contributed by atoms with E-state index in [0.717, 1.165) is 0 Å². The molecule has 100 valence electrons. The van der Waals surface area contributed by atoms with Gasteiger partial charge in [0.25, 0.3) is 0 Å². The summed E-state index contributed by atoms with van der Waals surface area (Å²) in [6.45, 7) is 5.25. The number of carboxylic acids is 1. The van der Waals surface area contributed by atoms with Crippen LogP contribution in [0.4, 0.5) is 0 Å². The van der Waals surface area contributed by atoms with Crippen LogP contribution in [0.2, 0.25) is 0 Å². The lowest BCUT2D eigenvalue weighted by molar-refractivity contribution is -0.138. The van der Waals surface area contributed by atoms with Crippen molar-refractivity contribution in [3.63, 3.8) is 0 Å². The molecule has 0 fully saturated rings. The summed E-state index contributed by atoms with van der Waals surface area (Å²) in [6, 6.07) is 3.68. The van der Waals surface area contributed by atoms with Gasteiger partial charge in [0.1, 0.15) is 6.04 Å². The smallest absolute Gasteiger partial charge is 0.320 e. The zero-order valence-corrected chi connectivity index (χ0v) is 10.6. The summed E-state index contributed by atoms with van der Waals surface area (Å²) in [5.41, 5.74) is 6.08.